The summed E-state index contributed by atoms with van der Waals surface area (Å²) in [6.45, 7) is 6.82. The van der Waals surface area contributed by atoms with Gasteiger partial charge in [0.1, 0.15) is 0 Å². The van der Waals surface area contributed by atoms with E-state index < -0.39 is 0 Å². The monoisotopic (exact) mass is 132 g/mol. The molecule has 0 aliphatic rings. The second kappa shape index (κ2) is 10.8. The number of nitrogens with two attached hydrogens (primary N) is 2. The predicted octanol–water partition coefficient (Wildman–Crippen LogP) is 1.10. The van der Waals surface area contributed by atoms with Crippen LogP contribution >= 0.6 is 0 Å². The van der Waals surface area contributed by atoms with Crippen molar-refractivity contribution in [2.24, 2.45) is 11.5 Å². The number of rotatable bonds is 2. The first-order valence-corrected chi connectivity index (χ1v) is 3.64. The zero-order chi connectivity index (χ0) is 7.70. The lowest BCUT2D eigenvalue weighted by atomic mass is 10.4. The Kier molecular flexibility index (Phi) is 14.0. The van der Waals surface area contributed by atoms with Gasteiger partial charge in [0.2, 0.25) is 0 Å². The van der Waals surface area contributed by atoms with Gasteiger partial charge in [-0.25, -0.2) is 0 Å². The van der Waals surface area contributed by atoms with Crippen LogP contribution in [0.1, 0.15) is 33.6 Å². The van der Waals surface area contributed by atoms with E-state index in [-0.39, 0.29) is 6.04 Å². The van der Waals surface area contributed by atoms with Crippen molar-refractivity contribution in [3.63, 3.8) is 0 Å². The van der Waals surface area contributed by atoms with Crippen molar-refractivity contribution >= 4 is 0 Å². The number of unbranched alkanes of at least 4 members (excludes halogenated alkanes) is 1. The van der Waals surface area contributed by atoms with E-state index in [1.807, 2.05) is 6.92 Å². The maximum absolute atomic E-state index is 5.17. The molecule has 0 saturated carbocycles. The van der Waals surface area contributed by atoms with Crippen LogP contribution in [0, 0.1) is 0 Å². The summed E-state index contributed by atoms with van der Waals surface area (Å²) in [6.07, 6.45) is 2.64. The third kappa shape index (κ3) is 32.6. The van der Waals surface area contributed by atoms with Crippen molar-refractivity contribution < 1.29 is 0 Å². The van der Waals surface area contributed by atoms with E-state index >= 15 is 0 Å². The average Bonchev–Trinajstić information content (AvgIpc) is 1.89. The van der Waals surface area contributed by atoms with Crippen molar-refractivity contribution in [2.75, 3.05) is 6.54 Å². The van der Waals surface area contributed by atoms with E-state index in [9.17, 15) is 0 Å². The first-order chi connectivity index (χ1) is 4.18. The summed E-state index contributed by atoms with van der Waals surface area (Å²) in [7, 11) is 0. The molecule has 0 aliphatic carbocycles. The fourth-order valence-electron chi connectivity index (χ4n) is 0. The minimum absolute atomic E-state index is 0.162. The van der Waals surface area contributed by atoms with Crippen molar-refractivity contribution in [2.45, 2.75) is 39.7 Å². The largest absolute Gasteiger partial charge is 0.329 e. The van der Waals surface area contributed by atoms with Gasteiger partial charge in [-0.15, -0.1) is 0 Å². The lowest BCUT2D eigenvalue weighted by Gasteiger charge is -1.92. The molecule has 58 valence electrons. The molecule has 0 fully saturated rings. The van der Waals surface area contributed by atoms with Crippen LogP contribution in [0.25, 0.3) is 0 Å². The molecule has 0 saturated heterocycles. The highest BCUT2D eigenvalue weighted by Gasteiger charge is 1.79. The second-order valence-electron chi connectivity index (χ2n) is 2.21. The molecule has 0 spiro atoms. The van der Waals surface area contributed by atoms with Gasteiger partial charge in [0.25, 0.3) is 0 Å². The summed E-state index contributed by atoms with van der Waals surface area (Å²) in [5, 5.41) is 0. The first-order valence-electron chi connectivity index (χ1n) is 3.64. The average molecular weight is 132 g/mol. The Morgan fingerprint density at radius 3 is 1.44 bits per heavy atom. The van der Waals surface area contributed by atoms with Crippen LogP contribution in [0.3, 0.4) is 0 Å². The summed E-state index contributed by atoms with van der Waals surface area (Å²) in [5.74, 6) is 0. The Morgan fingerprint density at radius 1 is 1.22 bits per heavy atom. The molecule has 0 radical (unpaired) electrons. The molecule has 0 aliphatic heterocycles. The zero-order valence-electron chi connectivity index (χ0n) is 6.85. The van der Waals surface area contributed by atoms with Crippen molar-refractivity contribution in [3.05, 3.63) is 0 Å². The molecular formula is C7H20N2. The molecule has 1 atom stereocenters. The summed E-state index contributed by atoms with van der Waals surface area (Å²) in [6, 6.07) is 0.162. The molecule has 0 aromatic heterocycles. The van der Waals surface area contributed by atoms with E-state index in [0.717, 1.165) is 0 Å². The van der Waals surface area contributed by atoms with E-state index in [1.54, 1.807) is 0 Å². The van der Waals surface area contributed by atoms with Crippen LogP contribution < -0.4 is 11.5 Å². The minimum Gasteiger partial charge on any atom is -0.329 e. The Bertz CT molecular complexity index is 33.9. The number of hydrogen-bond acceptors (Lipinski definition) is 2. The fraction of sp³-hybridized carbons (Fsp3) is 1.00. The van der Waals surface area contributed by atoms with Gasteiger partial charge >= 0.3 is 0 Å². The smallest absolute Gasteiger partial charge is 0.0134 e. The molecule has 2 nitrogen and oxygen atoms in total. The van der Waals surface area contributed by atoms with Crippen LogP contribution in [-0.2, 0) is 0 Å². The van der Waals surface area contributed by atoms with Crippen LogP contribution in [-0.4, -0.2) is 12.6 Å². The quantitative estimate of drug-likeness (QED) is 0.591. The van der Waals surface area contributed by atoms with E-state index in [4.69, 9.17) is 11.5 Å². The van der Waals surface area contributed by atoms with E-state index in [2.05, 4.69) is 13.8 Å². The van der Waals surface area contributed by atoms with Gasteiger partial charge in [-0.1, -0.05) is 26.7 Å². The standard InChI is InChI=1S/C4H10.C3H10N2/c1-3-4-2;1-3(5)2-4/h3-4H2,1-2H3;3H,2,4-5H2,1H3. The zero-order valence-corrected chi connectivity index (χ0v) is 6.85. The normalized spacial score (nSPS) is 11.7. The highest BCUT2D eigenvalue weighted by molar-refractivity contribution is 4.48. The predicted molar refractivity (Wildman–Crippen MR) is 43.3 cm³/mol. The fourth-order valence-corrected chi connectivity index (χ4v) is 0. The maximum Gasteiger partial charge on any atom is 0.0134 e. The van der Waals surface area contributed by atoms with E-state index in [0.29, 0.717) is 6.54 Å². The molecule has 0 rings (SSSR count). The van der Waals surface area contributed by atoms with Gasteiger partial charge in [-0.3, -0.25) is 0 Å². The van der Waals surface area contributed by atoms with Crippen LogP contribution in [0.4, 0.5) is 0 Å². The lowest BCUT2D eigenvalue weighted by Crippen LogP contribution is -2.25. The van der Waals surface area contributed by atoms with Gasteiger partial charge in [0, 0.05) is 12.6 Å². The van der Waals surface area contributed by atoms with Crippen LogP contribution in [0.2, 0.25) is 0 Å². The minimum atomic E-state index is 0.162. The highest BCUT2D eigenvalue weighted by Crippen LogP contribution is 1.76. The van der Waals surface area contributed by atoms with Crippen molar-refractivity contribution in [1.82, 2.24) is 0 Å². The lowest BCUT2D eigenvalue weighted by molar-refractivity contribution is 0.752. The molecule has 0 bridgehead atoms. The molecule has 9 heavy (non-hydrogen) atoms. The van der Waals surface area contributed by atoms with Gasteiger partial charge in [0.05, 0.1) is 0 Å². The summed E-state index contributed by atoms with van der Waals surface area (Å²) >= 11 is 0. The Balaban J connectivity index is 0. The van der Waals surface area contributed by atoms with Crippen molar-refractivity contribution in [3.8, 4) is 0 Å². The maximum atomic E-state index is 5.17. The summed E-state index contributed by atoms with van der Waals surface area (Å²) in [5.41, 5.74) is 10.2. The summed E-state index contributed by atoms with van der Waals surface area (Å²) in [4.78, 5) is 0. The van der Waals surface area contributed by atoms with E-state index in [1.165, 1.54) is 12.8 Å². The molecule has 4 N–H and O–H groups in total. The Labute approximate surface area is 58.6 Å². The SMILES string of the molecule is CC(N)CN.CCCC. The molecule has 1 unspecified atom stereocenters. The highest BCUT2D eigenvalue weighted by atomic mass is 14.7. The third-order valence-corrected chi connectivity index (χ3v) is 0.872. The molecular weight excluding hydrogens is 112 g/mol. The number of hydrogen-bond donors (Lipinski definition) is 2. The molecule has 0 heterocycles. The topological polar surface area (TPSA) is 52.0 Å². The van der Waals surface area contributed by atoms with Crippen LogP contribution in [0.5, 0.6) is 0 Å². The van der Waals surface area contributed by atoms with Gasteiger partial charge in [0.15, 0.2) is 0 Å². The molecule has 0 aromatic carbocycles. The van der Waals surface area contributed by atoms with Crippen molar-refractivity contribution in [1.29, 1.82) is 0 Å². The third-order valence-electron chi connectivity index (χ3n) is 0.872. The summed E-state index contributed by atoms with van der Waals surface area (Å²) < 4.78 is 0. The molecule has 0 amide bonds. The molecule has 2 heteroatoms. The van der Waals surface area contributed by atoms with Gasteiger partial charge < -0.3 is 11.5 Å². The van der Waals surface area contributed by atoms with Gasteiger partial charge in [-0.05, 0) is 6.92 Å². The first kappa shape index (κ1) is 11.7. The molecule has 0 aromatic rings. The Hall–Kier alpha value is -0.0800. The van der Waals surface area contributed by atoms with Crippen LogP contribution in [0.15, 0.2) is 0 Å². The van der Waals surface area contributed by atoms with Gasteiger partial charge in [-0.2, -0.15) is 0 Å². The second-order valence-corrected chi connectivity index (χ2v) is 2.21. The Morgan fingerprint density at radius 2 is 1.44 bits per heavy atom.